The Labute approximate surface area is 110 Å². The standard InChI is InChI=1S/C12H16N2O3S/c1-3-13(2)12(17)14-6-4-9-8(5-7-18-9)10(14)11(15)16/h5,7,10H,3-4,6H2,1-2H3,(H,15,16). The van der Waals surface area contributed by atoms with E-state index < -0.39 is 12.0 Å². The number of thiophene rings is 1. The van der Waals surface area contributed by atoms with Crippen molar-refractivity contribution in [2.45, 2.75) is 19.4 Å². The van der Waals surface area contributed by atoms with Gasteiger partial charge in [-0.3, -0.25) is 0 Å². The Morgan fingerprint density at radius 2 is 2.33 bits per heavy atom. The summed E-state index contributed by atoms with van der Waals surface area (Å²) in [6.07, 6.45) is 0.736. The van der Waals surface area contributed by atoms with Crippen molar-refractivity contribution < 1.29 is 14.7 Å². The quantitative estimate of drug-likeness (QED) is 0.889. The third-order valence-corrected chi connectivity index (χ3v) is 4.24. The van der Waals surface area contributed by atoms with Crippen molar-refractivity contribution in [1.29, 1.82) is 0 Å². The lowest BCUT2D eigenvalue weighted by Gasteiger charge is -2.35. The summed E-state index contributed by atoms with van der Waals surface area (Å²) in [5.41, 5.74) is 0.761. The second kappa shape index (κ2) is 4.97. The molecule has 0 radical (unpaired) electrons. The highest BCUT2D eigenvalue weighted by atomic mass is 32.1. The van der Waals surface area contributed by atoms with Crippen molar-refractivity contribution in [3.8, 4) is 0 Å². The number of urea groups is 1. The number of amides is 2. The highest BCUT2D eigenvalue weighted by Gasteiger charge is 2.37. The lowest BCUT2D eigenvalue weighted by atomic mass is 10.0. The Kier molecular flexibility index (Phi) is 3.56. The van der Waals surface area contributed by atoms with Crippen molar-refractivity contribution in [2.24, 2.45) is 0 Å². The van der Waals surface area contributed by atoms with Gasteiger partial charge in [-0.25, -0.2) is 9.59 Å². The lowest BCUT2D eigenvalue weighted by Crippen LogP contribution is -2.48. The molecular weight excluding hydrogens is 252 g/mol. The second-order valence-electron chi connectivity index (χ2n) is 4.28. The van der Waals surface area contributed by atoms with Gasteiger partial charge in [-0.2, -0.15) is 0 Å². The van der Waals surface area contributed by atoms with Gasteiger partial charge in [0, 0.05) is 25.0 Å². The minimum Gasteiger partial charge on any atom is -0.479 e. The van der Waals surface area contributed by atoms with Crippen LogP contribution in [0.1, 0.15) is 23.4 Å². The molecule has 1 aliphatic rings. The first-order valence-corrected chi connectivity index (χ1v) is 6.75. The number of hydrogen-bond acceptors (Lipinski definition) is 3. The molecule has 1 atom stereocenters. The molecule has 6 heteroatoms. The number of carbonyl (C=O) groups is 2. The van der Waals surface area contributed by atoms with E-state index in [9.17, 15) is 14.7 Å². The van der Waals surface area contributed by atoms with Crippen LogP contribution >= 0.6 is 11.3 Å². The molecule has 1 aromatic rings. The highest BCUT2D eigenvalue weighted by molar-refractivity contribution is 7.10. The first kappa shape index (κ1) is 12.9. The van der Waals surface area contributed by atoms with Crippen molar-refractivity contribution in [2.75, 3.05) is 20.1 Å². The molecule has 0 saturated heterocycles. The van der Waals surface area contributed by atoms with Crippen LogP contribution in [0.4, 0.5) is 4.79 Å². The van der Waals surface area contributed by atoms with Gasteiger partial charge in [-0.15, -0.1) is 11.3 Å². The summed E-state index contributed by atoms with van der Waals surface area (Å²) in [5, 5.41) is 11.3. The summed E-state index contributed by atoms with van der Waals surface area (Å²) < 4.78 is 0. The Morgan fingerprint density at radius 1 is 1.61 bits per heavy atom. The molecule has 1 aliphatic heterocycles. The summed E-state index contributed by atoms with van der Waals surface area (Å²) >= 11 is 1.56. The van der Waals surface area contributed by atoms with Gasteiger partial charge in [0.1, 0.15) is 0 Å². The summed E-state index contributed by atoms with van der Waals surface area (Å²) in [6.45, 7) is 2.90. The molecule has 1 aromatic heterocycles. The van der Waals surface area contributed by atoms with E-state index in [2.05, 4.69) is 0 Å². The van der Waals surface area contributed by atoms with E-state index in [-0.39, 0.29) is 6.03 Å². The molecule has 0 saturated carbocycles. The molecule has 0 fully saturated rings. The van der Waals surface area contributed by atoms with Crippen molar-refractivity contribution >= 4 is 23.3 Å². The lowest BCUT2D eigenvalue weighted by molar-refractivity contribution is -0.143. The summed E-state index contributed by atoms with van der Waals surface area (Å²) in [4.78, 5) is 27.7. The maximum Gasteiger partial charge on any atom is 0.331 e. The molecule has 98 valence electrons. The normalized spacial score (nSPS) is 18.3. The fourth-order valence-electron chi connectivity index (χ4n) is 2.14. The Balaban J connectivity index is 2.33. The van der Waals surface area contributed by atoms with Gasteiger partial charge < -0.3 is 14.9 Å². The van der Waals surface area contributed by atoms with Gasteiger partial charge in [-0.1, -0.05) is 0 Å². The van der Waals surface area contributed by atoms with Gasteiger partial charge in [0.2, 0.25) is 0 Å². The van der Waals surface area contributed by atoms with Crippen molar-refractivity contribution in [3.63, 3.8) is 0 Å². The highest BCUT2D eigenvalue weighted by Crippen LogP contribution is 2.33. The average Bonchev–Trinajstić information content (AvgIpc) is 2.83. The number of carboxylic acid groups (broad SMARTS) is 1. The van der Waals surface area contributed by atoms with Crippen LogP contribution in [0, 0.1) is 0 Å². The molecule has 2 rings (SSSR count). The van der Waals surface area contributed by atoms with E-state index in [1.807, 2.05) is 18.4 Å². The third-order valence-electron chi connectivity index (χ3n) is 3.25. The number of hydrogen-bond donors (Lipinski definition) is 1. The number of aliphatic carboxylic acids is 1. The van der Waals surface area contributed by atoms with Gasteiger partial charge in [0.05, 0.1) is 0 Å². The Morgan fingerprint density at radius 3 is 2.94 bits per heavy atom. The number of fused-ring (bicyclic) bond motifs is 1. The van der Waals surface area contributed by atoms with E-state index in [0.717, 1.165) is 16.9 Å². The first-order valence-electron chi connectivity index (χ1n) is 5.87. The van der Waals surface area contributed by atoms with Crippen LogP contribution in [0.5, 0.6) is 0 Å². The monoisotopic (exact) mass is 268 g/mol. The topological polar surface area (TPSA) is 60.9 Å². The van der Waals surface area contributed by atoms with Crippen molar-refractivity contribution in [1.82, 2.24) is 9.80 Å². The maximum atomic E-state index is 12.2. The fraction of sp³-hybridized carbons (Fsp3) is 0.500. The van der Waals surface area contributed by atoms with Crippen LogP contribution in [0.25, 0.3) is 0 Å². The number of carbonyl (C=O) groups excluding carboxylic acids is 1. The zero-order chi connectivity index (χ0) is 13.3. The SMILES string of the molecule is CCN(C)C(=O)N1CCc2sccc2C1C(=O)O. The molecule has 1 unspecified atom stereocenters. The van der Waals surface area contributed by atoms with Crippen LogP contribution in [0.3, 0.4) is 0 Å². The molecule has 2 heterocycles. The first-order chi connectivity index (χ1) is 8.56. The molecule has 2 amide bonds. The zero-order valence-corrected chi connectivity index (χ0v) is 11.2. The summed E-state index contributed by atoms with van der Waals surface area (Å²) in [7, 11) is 1.68. The number of carboxylic acids is 1. The predicted octanol–water partition coefficient (Wildman–Crippen LogP) is 1.80. The maximum absolute atomic E-state index is 12.2. The van der Waals surface area contributed by atoms with E-state index in [1.165, 1.54) is 9.80 Å². The van der Waals surface area contributed by atoms with Crippen LogP contribution in [0.2, 0.25) is 0 Å². The largest absolute Gasteiger partial charge is 0.479 e. The van der Waals surface area contributed by atoms with Gasteiger partial charge in [0.15, 0.2) is 6.04 Å². The van der Waals surface area contributed by atoms with Gasteiger partial charge >= 0.3 is 12.0 Å². The molecule has 5 nitrogen and oxygen atoms in total. The third kappa shape index (κ3) is 2.08. The number of rotatable bonds is 2. The van der Waals surface area contributed by atoms with Crippen molar-refractivity contribution in [3.05, 3.63) is 21.9 Å². The van der Waals surface area contributed by atoms with Crippen LogP contribution in [0.15, 0.2) is 11.4 Å². The Hall–Kier alpha value is -1.56. The van der Waals surface area contributed by atoms with Crippen LogP contribution < -0.4 is 0 Å². The van der Waals surface area contributed by atoms with Gasteiger partial charge in [-0.05, 0) is 30.4 Å². The predicted molar refractivity (Wildman–Crippen MR) is 68.8 cm³/mol. The molecule has 0 aromatic carbocycles. The van der Waals surface area contributed by atoms with E-state index in [0.29, 0.717) is 13.1 Å². The van der Waals surface area contributed by atoms with E-state index in [4.69, 9.17) is 0 Å². The molecule has 0 aliphatic carbocycles. The summed E-state index contributed by atoms with van der Waals surface area (Å²) in [5.74, 6) is -0.966. The molecule has 18 heavy (non-hydrogen) atoms. The molecular formula is C12H16N2O3S. The number of nitrogens with zero attached hydrogens (tertiary/aromatic N) is 2. The van der Waals surface area contributed by atoms with Crippen LogP contribution in [-0.4, -0.2) is 47.0 Å². The average molecular weight is 268 g/mol. The minimum atomic E-state index is -0.966. The molecule has 0 bridgehead atoms. The van der Waals surface area contributed by atoms with Crippen LogP contribution in [-0.2, 0) is 11.2 Å². The fourth-order valence-corrected chi connectivity index (χ4v) is 3.05. The smallest absolute Gasteiger partial charge is 0.331 e. The zero-order valence-electron chi connectivity index (χ0n) is 10.4. The second-order valence-corrected chi connectivity index (χ2v) is 5.28. The van der Waals surface area contributed by atoms with E-state index >= 15 is 0 Å². The minimum absolute atomic E-state index is 0.221. The summed E-state index contributed by atoms with van der Waals surface area (Å²) in [6, 6.07) is 0.743. The van der Waals surface area contributed by atoms with E-state index in [1.54, 1.807) is 18.4 Å². The Bertz CT molecular complexity index is 472. The molecule has 0 spiro atoms. The van der Waals surface area contributed by atoms with Gasteiger partial charge in [0.25, 0.3) is 0 Å². The molecule has 1 N–H and O–H groups in total.